The van der Waals surface area contributed by atoms with E-state index in [-0.39, 0.29) is 17.8 Å². The predicted octanol–water partition coefficient (Wildman–Crippen LogP) is 2.70. The molecule has 0 saturated carbocycles. The molecule has 1 aromatic carbocycles. The number of carbonyl (C=O) groups excluding carboxylic acids is 1. The number of aromatic nitrogens is 3. The number of hydrogen-bond donors (Lipinski definition) is 1. The molecule has 1 saturated heterocycles. The molecule has 9 heteroatoms. The molecule has 1 amide bonds. The first-order valence-electron chi connectivity index (χ1n) is 9.81. The number of ether oxygens (including phenoxy) is 1. The first kappa shape index (κ1) is 22.1. The zero-order chi connectivity index (χ0) is 20.8. The van der Waals surface area contributed by atoms with Crippen molar-refractivity contribution in [3.05, 3.63) is 29.3 Å². The molecule has 1 aliphatic heterocycles. The van der Waals surface area contributed by atoms with E-state index < -0.39 is 0 Å². The summed E-state index contributed by atoms with van der Waals surface area (Å²) in [4.78, 5) is 14.7. The Balaban J connectivity index is 1.45. The normalized spacial score (nSPS) is 17.6. The van der Waals surface area contributed by atoms with Gasteiger partial charge < -0.3 is 14.6 Å². The fourth-order valence-corrected chi connectivity index (χ4v) is 4.15. The Hall–Kier alpha value is -1.61. The summed E-state index contributed by atoms with van der Waals surface area (Å²) in [5.41, 5.74) is 0.932. The molecule has 1 N–H and O–H groups in total. The topological polar surface area (TPSA) is 72.3 Å². The molecule has 7 nitrogen and oxygen atoms in total. The van der Waals surface area contributed by atoms with Gasteiger partial charge in [-0.3, -0.25) is 9.69 Å². The Kier molecular flexibility index (Phi) is 7.94. The number of benzene rings is 1. The number of hydrogen-bond acceptors (Lipinski definition) is 6. The fraction of sp³-hybridized carbons (Fsp3) is 0.550. The Bertz CT molecular complexity index is 812. The smallest absolute Gasteiger partial charge is 0.230 e. The largest absolute Gasteiger partial charge is 0.374 e. The SMILES string of the molecule is CC(C)CN1CCOC(CNC(=O)CSc2nnc(-c3ccc(Cl)cc3)n2C)C1. The predicted molar refractivity (Wildman–Crippen MR) is 116 cm³/mol. The van der Waals surface area contributed by atoms with E-state index in [1.165, 1.54) is 11.8 Å². The molecule has 29 heavy (non-hydrogen) atoms. The van der Waals surface area contributed by atoms with Gasteiger partial charge in [0.15, 0.2) is 11.0 Å². The van der Waals surface area contributed by atoms with Gasteiger partial charge in [0.25, 0.3) is 0 Å². The van der Waals surface area contributed by atoms with Gasteiger partial charge in [-0.05, 0) is 30.2 Å². The first-order chi connectivity index (χ1) is 13.9. The number of thioether (sulfide) groups is 1. The fourth-order valence-electron chi connectivity index (χ4n) is 3.29. The molecule has 1 aromatic heterocycles. The molecule has 1 aliphatic rings. The average Bonchev–Trinajstić information content (AvgIpc) is 3.05. The standard InChI is InChI=1S/C20H28ClN5O2S/c1-14(2)11-26-8-9-28-17(12-26)10-22-18(27)13-29-20-24-23-19(25(20)3)15-4-6-16(21)7-5-15/h4-7,14,17H,8-13H2,1-3H3,(H,22,27). The van der Waals surface area contributed by atoms with Gasteiger partial charge in [0.05, 0.1) is 18.5 Å². The van der Waals surface area contributed by atoms with E-state index in [1.807, 2.05) is 35.9 Å². The number of carbonyl (C=O) groups is 1. The lowest BCUT2D eigenvalue weighted by molar-refractivity contribution is -0.119. The van der Waals surface area contributed by atoms with Gasteiger partial charge >= 0.3 is 0 Å². The molecule has 0 aliphatic carbocycles. The van der Waals surface area contributed by atoms with E-state index in [0.29, 0.717) is 29.2 Å². The summed E-state index contributed by atoms with van der Waals surface area (Å²) in [7, 11) is 1.89. The lowest BCUT2D eigenvalue weighted by Crippen LogP contribution is -2.48. The van der Waals surface area contributed by atoms with Crippen LogP contribution in [-0.4, -0.2) is 70.2 Å². The Morgan fingerprint density at radius 1 is 1.34 bits per heavy atom. The Morgan fingerprint density at radius 3 is 2.83 bits per heavy atom. The minimum atomic E-state index is -0.0318. The van der Waals surface area contributed by atoms with E-state index in [0.717, 1.165) is 31.0 Å². The van der Waals surface area contributed by atoms with Gasteiger partial charge in [-0.1, -0.05) is 37.2 Å². The van der Waals surface area contributed by atoms with Crippen molar-refractivity contribution in [3.63, 3.8) is 0 Å². The molecule has 1 atom stereocenters. The Labute approximate surface area is 181 Å². The third-order valence-electron chi connectivity index (χ3n) is 4.64. The van der Waals surface area contributed by atoms with Gasteiger partial charge in [-0.15, -0.1) is 10.2 Å². The third kappa shape index (κ3) is 6.44. The highest BCUT2D eigenvalue weighted by Crippen LogP contribution is 2.23. The van der Waals surface area contributed by atoms with Gasteiger partial charge in [0, 0.05) is 43.8 Å². The third-order valence-corrected chi connectivity index (χ3v) is 5.92. The van der Waals surface area contributed by atoms with Crippen molar-refractivity contribution in [1.82, 2.24) is 25.0 Å². The summed E-state index contributed by atoms with van der Waals surface area (Å²) in [6.45, 7) is 8.56. The van der Waals surface area contributed by atoms with Crippen molar-refractivity contribution in [2.75, 3.05) is 38.5 Å². The Morgan fingerprint density at radius 2 is 2.10 bits per heavy atom. The van der Waals surface area contributed by atoms with Gasteiger partial charge in [-0.25, -0.2) is 0 Å². The molecule has 158 valence electrons. The molecule has 3 rings (SSSR count). The van der Waals surface area contributed by atoms with Crippen LogP contribution in [0, 0.1) is 5.92 Å². The van der Waals surface area contributed by atoms with Crippen molar-refractivity contribution in [1.29, 1.82) is 0 Å². The molecule has 0 spiro atoms. The summed E-state index contributed by atoms with van der Waals surface area (Å²) in [6, 6.07) is 7.45. The van der Waals surface area contributed by atoms with Crippen LogP contribution in [0.25, 0.3) is 11.4 Å². The maximum absolute atomic E-state index is 12.3. The summed E-state index contributed by atoms with van der Waals surface area (Å²) in [5, 5.41) is 12.8. The number of amides is 1. The van der Waals surface area contributed by atoms with Crippen LogP contribution >= 0.6 is 23.4 Å². The molecule has 1 unspecified atom stereocenters. The van der Waals surface area contributed by atoms with E-state index in [4.69, 9.17) is 16.3 Å². The molecule has 0 bridgehead atoms. The molecular weight excluding hydrogens is 410 g/mol. The first-order valence-corrected chi connectivity index (χ1v) is 11.2. The lowest BCUT2D eigenvalue weighted by Gasteiger charge is -2.33. The van der Waals surface area contributed by atoms with E-state index in [9.17, 15) is 4.79 Å². The van der Waals surface area contributed by atoms with Crippen molar-refractivity contribution in [2.45, 2.75) is 25.1 Å². The highest BCUT2D eigenvalue weighted by atomic mass is 35.5. The maximum Gasteiger partial charge on any atom is 0.230 e. The number of nitrogens with zero attached hydrogens (tertiary/aromatic N) is 4. The number of nitrogens with one attached hydrogen (secondary N) is 1. The second kappa shape index (κ2) is 10.4. The van der Waals surface area contributed by atoms with Crippen LogP contribution in [0.5, 0.6) is 0 Å². The van der Waals surface area contributed by atoms with Crippen LogP contribution in [0.1, 0.15) is 13.8 Å². The van der Waals surface area contributed by atoms with E-state index >= 15 is 0 Å². The summed E-state index contributed by atoms with van der Waals surface area (Å²) >= 11 is 7.31. The van der Waals surface area contributed by atoms with Crippen molar-refractivity contribution in [3.8, 4) is 11.4 Å². The lowest BCUT2D eigenvalue weighted by atomic mass is 10.2. The number of halogens is 1. The monoisotopic (exact) mass is 437 g/mol. The highest BCUT2D eigenvalue weighted by molar-refractivity contribution is 7.99. The minimum Gasteiger partial charge on any atom is -0.374 e. The second-order valence-electron chi connectivity index (χ2n) is 7.61. The van der Waals surface area contributed by atoms with Crippen molar-refractivity contribution in [2.24, 2.45) is 13.0 Å². The van der Waals surface area contributed by atoms with Crippen LogP contribution in [0.15, 0.2) is 29.4 Å². The quantitative estimate of drug-likeness (QED) is 0.640. The van der Waals surface area contributed by atoms with Gasteiger partial charge in [-0.2, -0.15) is 0 Å². The van der Waals surface area contributed by atoms with Crippen LogP contribution < -0.4 is 5.32 Å². The molecule has 0 radical (unpaired) electrons. The van der Waals surface area contributed by atoms with Crippen molar-refractivity contribution >= 4 is 29.3 Å². The molecule has 2 aromatic rings. The zero-order valence-electron chi connectivity index (χ0n) is 17.1. The summed E-state index contributed by atoms with van der Waals surface area (Å²) in [6.07, 6.45) is 0.0442. The highest BCUT2D eigenvalue weighted by Gasteiger charge is 2.21. The van der Waals surface area contributed by atoms with E-state index in [1.54, 1.807) is 0 Å². The minimum absolute atomic E-state index is 0.0318. The van der Waals surface area contributed by atoms with Crippen LogP contribution in [0.4, 0.5) is 0 Å². The van der Waals surface area contributed by atoms with Crippen LogP contribution in [0.2, 0.25) is 5.02 Å². The molecular formula is C20H28ClN5O2S. The zero-order valence-corrected chi connectivity index (χ0v) is 18.7. The number of morpholine rings is 1. The average molecular weight is 438 g/mol. The van der Waals surface area contributed by atoms with E-state index in [2.05, 4.69) is 34.3 Å². The van der Waals surface area contributed by atoms with Crippen LogP contribution in [0.3, 0.4) is 0 Å². The second-order valence-corrected chi connectivity index (χ2v) is 8.99. The summed E-state index contributed by atoms with van der Waals surface area (Å²) < 4.78 is 7.67. The molecule has 1 fully saturated rings. The van der Waals surface area contributed by atoms with Crippen LogP contribution in [-0.2, 0) is 16.6 Å². The molecule has 2 heterocycles. The van der Waals surface area contributed by atoms with Gasteiger partial charge in [0.1, 0.15) is 0 Å². The maximum atomic E-state index is 12.3. The number of rotatable bonds is 8. The van der Waals surface area contributed by atoms with Crippen molar-refractivity contribution < 1.29 is 9.53 Å². The summed E-state index contributed by atoms with van der Waals surface area (Å²) in [5.74, 6) is 1.62. The van der Waals surface area contributed by atoms with Gasteiger partial charge in [0.2, 0.25) is 5.91 Å².